The molecule has 0 unspecified atom stereocenters. The minimum absolute atomic E-state index is 0.0693. The minimum atomic E-state index is -0.837. The average Bonchev–Trinajstić information content (AvgIpc) is 2.60. The zero-order valence-electron chi connectivity index (χ0n) is 11.0. The van der Waals surface area contributed by atoms with E-state index in [1.807, 2.05) is 17.0 Å². The fourth-order valence-electron chi connectivity index (χ4n) is 2.47. The SMILES string of the molecule is O=C(O)CCCC(=O)N1CCc2ccccc2CC1. The third-order valence-corrected chi connectivity index (χ3v) is 3.55. The number of carbonyl (C=O) groups excluding carboxylic acids is 1. The fourth-order valence-corrected chi connectivity index (χ4v) is 2.47. The van der Waals surface area contributed by atoms with Crippen LogP contribution in [0.25, 0.3) is 0 Å². The van der Waals surface area contributed by atoms with Crippen molar-refractivity contribution in [3.8, 4) is 0 Å². The molecule has 0 spiro atoms. The van der Waals surface area contributed by atoms with Crippen LogP contribution in [0.3, 0.4) is 0 Å². The highest BCUT2D eigenvalue weighted by Gasteiger charge is 2.17. The van der Waals surface area contributed by atoms with Gasteiger partial charge in [0.2, 0.25) is 5.91 Å². The van der Waals surface area contributed by atoms with Crippen LogP contribution in [-0.4, -0.2) is 35.0 Å². The Hall–Kier alpha value is -1.84. The first-order chi connectivity index (χ1) is 9.16. The molecule has 0 atom stereocenters. The van der Waals surface area contributed by atoms with Gasteiger partial charge in [0.15, 0.2) is 0 Å². The number of fused-ring (bicyclic) bond motifs is 1. The highest BCUT2D eigenvalue weighted by atomic mass is 16.4. The highest BCUT2D eigenvalue weighted by Crippen LogP contribution is 2.16. The summed E-state index contributed by atoms with van der Waals surface area (Å²) in [6, 6.07) is 8.30. The third-order valence-electron chi connectivity index (χ3n) is 3.55. The normalized spacial score (nSPS) is 14.6. The average molecular weight is 261 g/mol. The van der Waals surface area contributed by atoms with Crippen LogP contribution in [0.4, 0.5) is 0 Å². The van der Waals surface area contributed by atoms with Crippen molar-refractivity contribution in [3.05, 3.63) is 35.4 Å². The molecule has 1 amide bonds. The number of carbonyl (C=O) groups is 2. The molecule has 1 aliphatic rings. The zero-order chi connectivity index (χ0) is 13.7. The summed E-state index contributed by atoms with van der Waals surface area (Å²) in [4.78, 5) is 24.3. The number of amides is 1. The Balaban J connectivity index is 1.87. The number of rotatable bonds is 4. The number of benzene rings is 1. The number of aliphatic carboxylic acids is 1. The monoisotopic (exact) mass is 261 g/mol. The molecule has 1 heterocycles. The lowest BCUT2D eigenvalue weighted by Crippen LogP contribution is -2.33. The van der Waals surface area contributed by atoms with Crippen LogP contribution in [0.1, 0.15) is 30.4 Å². The largest absolute Gasteiger partial charge is 0.481 e. The smallest absolute Gasteiger partial charge is 0.303 e. The molecule has 0 saturated carbocycles. The second kappa shape index (κ2) is 6.36. The summed E-state index contributed by atoms with van der Waals surface area (Å²) in [6.07, 6.45) is 2.61. The van der Waals surface area contributed by atoms with Crippen LogP contribution in [0.15, 0.2) is 24.3 Å². The molecule has 1 N–H and O–H groups in total. The molecule has 102 valence electrons. The van der Waals surface area contributed by atoms with Crippen molar-refractivity contribution < 1.29 is 14.7 Å². The molecule has 2 rings (SSSR count). The maximum Gasteiger partial charge on any atom is 0.303 e. The van der Waals surface area contributed by atoms with Crippen molar-refractivity contribution in [3.63, 3.8) is 0 Å². The number of hydrogen-bond acceptors (Lipinski definition) is 2. The summed E-state index contributed by atoms with van der Waals surface area (Å²) < 4.78 is 0. The van der Waals surface area contributed by atoms with Gasteiger partial charge in [0.1, 0.15) is 0 Å². The summed E-state index contributed by atoms with van der Waals surface area (Å²) >= 11 is 0. The Morgan fingerprint density at radius 2 is 1.63 bits per heavy atom. The van der Waals surface area contributed by atoms with Crippen molar-refractivity contribution in [1.82, 2.24) is 4.90 Å². The van der Waals surface area contributed by atoms with Gasteiger partial charge in [0.25, 0.3) is 0 Å². The molecule has 1 aliphatic heterocycles. The van der Waals surface area contributed by atoms with Gasteiger partial charge >= 0.3 is 5.97 Å². The van der Waals surface area contributed by atoms with Gasteiger partial charge in [-0.15, -0.1) is 0 Å². The van der Waals surface area contributed by atoms with E-state index in [2.05, 4.69) is 12.1 Å². The lowest BCUT2D eigenvalue weighted by Gasteiger charge is -2.20. The summed E-state index contributed by atoms with van der Waals surface area (Å²) in [7, 11) is 0. The first-order valence-electron chi connectivity index (χ1n) is 6.73. The summed E-state index contributed by atoms with van der Waals surface area (Å²) in [5.41, 5.74) is 2.65. The van der Waals surface area contributed by atoms with Gasteiger partial charge in [-0.1, -0.05) is 24.3 Å². The lowest BCUT2D eigenvalue weighted by atomic mass is 10.0. The Bertz CT molecular complexity index is 443. The van der Waals surface area contributed by atoms with E-state index in [4.69, 9.17) is 5.11 Å². The fraction of sp³-hybridized carbons (Fsp3) is 0.467. The van der Waals surface area contributed by atoms with E-state index >= 15 is 0 Å². The number of carboxylic acid groups (broad SMARTS) is 1. The maximum absolute atomic E-state index is 12.0. The van der Waals surface area contributed by atoms with Gasteiger partial charge < -0.3 is 10.0 Å². The molecule has 0 saturated heterocycles. The Morgan fingerprint density at radius 3 is 2.16 bits per heavy atom. The predicted octanol–water partition coefficient (Wildman–Crippen LogP) is 1.87. The van der Waals surface area contributed by atoms with E-state index < -0.39 is 5.97 Å². The van der Waals surface area contributed by atoms with Gasteiger partial charge in [-0.2, -0.15) is 0 Å². The molecule has 4 nitrogen and oxygen atoms in total. The molecule has 19 heavy (non-hydrogen) atoms. The van der Waals surface area contributed by atoms with Gasteiger partial charge in [-0.3, -0.25) is 9.59 Å². The van der Waals surface area contributed by atoms with Crippen LogP contribution >= 0.6 is 0 Å². The molecule has 4 heteroatoms. The molecule has 0 radical (unpaired) electrons. The molecule has 0 aromatic heterocycles. The van der Waals surface area contributed by atoms with Crippen molar-refractivity contribution in [1.29, 1.82) is 0 Å². The molecule has 1 aromatic carbocycles. The van der Waals surface area contributed by atoms with Crippen molar-refractivity contribution >= 4 is 11.9 Å². The van der Waals surface area contributed by atoms with Gasteiger partial charge in [0.05, 0.1) is 0 Å². The van der Waals surface area contributed by atoms with E-state index in [9.17, 15) is 9.59 Å². The van der Waals surface area contributed by atoms with Crippen LogP contribution in [-0.2, 0) is 22.4 Å². The van der Waals surface area contributed by atoms with Crippen molar-refractivity contribution in [2.24, 2.45) is 0 Å². The Labute approximate surface area is 113 Å². The summed E-state index contributed by atoms with van der Waals surface area (Å²) in [5, 5.41) is 8.58. The first-order valence-corrected chi connectivity index (χ1v) is 6.73. The van der Waals surface area contributed by atoms with Crippen LogP contribution < -0.4 is 0 Å². The maximum atomic E-state index is 12.0. The third kappa shape index (κ3) is 3.81. The van der Waals surface area contributed by atoms with Crippen molar-refractivity contribution in [2.45, 2.75) is 32.1 Å². The topological polar surface area (TPSA) is 57.6 Å². The van der Waals surface area contributed by atoms with Gasteiger partial charge in [-0.05, 0) is 30.4 Å². The second-order valence-corrected chi connectivity index (χ2v) is 4.90. The first kappa shape index (κ1) is 13.6. The van der Waals surface area contributed by atoms with Crippen molar-refractivity contribution in [2.75, 3.05) is 13.1 Å². The molecular weight excluding hydrogens is 242 g/mol. The van der Waals surface area contributed by atoms with Gasteiger partial charge in [-0.25, -0.2) is 0 Å². The molecular formula is C15H19NO3. The standard InChI is InChI=1S/C15H19NO3/c17-14(6-3-7-15(18)19)16-10-8-12-4-1-2-5-13(12)9-11-16/h1-2,4-5H,3,6-11H2,(H,18,19). The molecule has 0 aliphatic carbocycles. The minimum Gasteiger partial charge on any atom is -0.481 e. The quantitative estimate of drug-likeness (QED) is 0.900. The highest BCUT2D eigenvalue weighted by molar-refractivity contribution is 5.77. The molecule has 0 bridgehead atoms. The second-order valence-electron chi connectivity index (χ2n) is 4.90. The van der Waals surface area contributed by atoms with Gasteiger partial charge in [0, 0.05) is 25.9 Å². The van der Waals surface area contributed by atoms with Crippen LogP contribution in [0.5, 0.6) is 0 Å². The van der Waals surface area contributed by atoms with E-state index in [1.165, 1.54) is 11.1 Å². The summed E-state index contributed by atoms with van der Waals surface area (Å²) in [6.45, 7) is 1.48. The Kier molecular flexibility index (Phi) is 4.55. The van der Waals surface area contributed by atoms with Crippen LogP contribution in [0.2, 0.25) is 0 Å². The predicted molar refractivity (Wildman–Crippen MR) is 71.9 cm³/mol. The molecule has 1 aromatic rings. The number of nitrogens with zero attached hydrogens (tertiary/aromatic N) is 1. The van der Waals surface area contributed by atoms with Crippen LogP contribution in [0, 0.1) is 0 Å². The number of hydrogen-bond donors (Lipinski definition) is 1. The van der Waals surface area contributed by atoms with E-state index in [0.717, 1.165) is 25.9 Å². The van der Waals surface area contributed by atoms with E-state index in [0.29, 0.717) is 12.8 Å². The summed E-state index contributed by atoms with van der Waals surface area (Å²) in [5.74, 6) is -0.759. The lowest BCUT2D eigenvalue weighted by molar-refractivity contribution is -0.137. The molecule has 0 fully saturated rings. The van der Waals surface area contributed by atoms with E-state index in [1.54, 1.807) is 0 Å². The Morgan fingerprint density at radius 1 is 1.05 bits per heavy atom. The number of carboxylic acids is 1. The van der Waals surface area contributed by atoms with E-state index in [-0.39, 0.29) is 12.3 Å². The zero-order valence-corrected chi connectivity index (χ0v) is 11.0.